The molecule has 0 atom stereocenters. The van der Waals surface area contributed by atoms with Gasteiger partial charge < -0.3 is 9.47 Å². The third kappa shape index (κ3) is 4.08. The smallest absolute Gasteiger partial charge is 0.280 e. The molecule has 0 radical (unpaired) electrons. The Morgan fingerprint density at radius 3 is 2.48 bits per heavy atom. The molecule has 0 aliphatic heterocycles. The molecule has 1 amide bonds. The molecule has 2 rings (SSSR count). The zero-order valence-corrected chi connectivity index (χ0v) is 13.8. The molecule has 0 N–H and O–H groups in total. The van der Waals surface area contributed by atoms with Crippen LogP contribution in [-0.4, -0.2) is 49.1 Å². The van der Waals surface area contributed by atoms with E-state index in [-0.39, 0.29) is 12.5 Å². The normalized spacial score (nSPS) is 10.6. The van der Waals surface area contributed by atoms with Crippen molar-refractivity contribution in [3.05, 3.63) is 47.3 Å². The lowest BCUT2D eigenvalue weighted by molar-refractivity contribution is -0.0758. The van der Waals surface area contributed by atoms with Crippen molar-refractivity contribution in [1.29, 1.82) is 0 Å². The van der Waals surface area contributed by atoms with Crippen LogP contribution in [0.5, 0.6) is 5.75 Å². The van der Waals surface area contributed by atoms with Crippen molar-refractivity contribution in [2.24, 2.45) is 0 Å². The lowest BCUT2D eigenvalue weighted by Gasteiger charge is -2.12. The number of benzene rings is 1. The fourth-order valence-electron chi connectivity index (χ4n) is 2.13. The van der Waals surface area contributed by atoms with Gasteiger partial charge >= 0.3 is 0 Å². The van der Waals surface area contributed by atoms with E-state index in [1.54, 1.807) is 32.1 Å². The summed E-state index contributed by atoms with van der Waals surface area (Å²) in [7, 11) is 6.19. The number of ether oxygens (including phenoxy) is 2. The Bertz CT molecular complexity index is 652. The second-order valence-electron chi connectivity index (χ2n) is 4.95. The third-order valence-electron chi connectivity index (χ3n) is 3.41. The molecule has 2 aromatic rings. The number of amides is 1. The van der Waals surface area contributed by atoms with Gasteiger partial charge in [0.15, 0.2) is 0 Å². The molecule has 124 valence electrons. The Morgan fingerprint density at radius 1 is 1.22 bits per heavy atom. The average Bonchev–Trinajstić information content (AvgIpc) is 2.97. The monoisotopic (exact) mass is 319 g/mol. The summed E-state index contributed by atoms with van der Waals surface area (Å²) < 4.78 is 12.0. The van der Waals surface area contributed by atoms with Crippen molar-refractivity contribution in [2.75, 3.05) is 28.4 Å². The summed E-state index contributed by atoms with van der Waals surface area (Å²) in [6.45, 7) is 0.804. The molecule has 1 heterocycles. The number of nitrogens with zero attached hydrogens (tertiary/aromatic N) is 3. The number of methoxy groups -OCH3 is 2. The van der Waals surface area contributed by atoms with E-state index in [1.807, 2.05) is 24.3 Å². The first-order valence-corrected chi connectivity index (χ1v) is 7.09. The van der Waals surface area contributed by atoms with Gasteiger partial charge in [-0.05, 0) is 17.7 Å². The number of hydrogen-bond donors (Lipinski definition) is 0. The van der Waals surface area contributed by atoms with Gasteiger partial charge in [-0.3, -0.25) is 14.3 Å². The van der Waals surface area contributed by atoms with Crippen LogP contribution in [0.3, 0.4) is 0 Å². The Hall–Kier alpha value is -2.38. The van der Waals surface area contributed by atoms with Gasteiger partial charge in [0.1, 0.15) is 11.4 Å². The molecule has 0 spiro atoms. The number of hydrogen-bond acceptors (Lipinski definition) is 5. The van der Waals surface area contributed by atoms with E-state index in [1.165, 1.54) is 7.11 Å². The van der Waals surface area contributed by atoms with E-state index in [4.69, 9.17) is 14.3 Å². The van der Waals surface area contributed by atoms with E-state index in [0.717, 1.165) is 16.4 Å². The van der Waals surface area contributed by atoms with Gasteiger partial charge in [0.2, 0.25) is 0 Å². The molecule has 7 heteroatoms. The van der Waals surface area contributed by atoms with Gasteiger partial charge in [0.05, 0.1) is 32.9 Å². The summed E-state index contributed by atoms with van der Waals surface area (Å²) in [5.41, 5.74) is 2.09. The van der Waals surface area contributed by atoms with Crippen LogP contribution in [0.15, 0.2) is 30.5 Å². The summed E-state index contributed by atoms with van der Waals surface area (Å²) >= 11 is 0. The topological polar surface area (TPSA) is 65.8 Å². The number of carbonyl (C=O) groups is 1. The van der Waals surface area contributed by atoms with Crippen LogP contribution in [0.4, 0.5) is 0 Å². The molecule has 0 saturated carbocycles. The molecular formula is C16H21N3O4. The van der Waals surface area contributed by atoms with Crippen molar-refractivity contribution in [1.82, 2.24) is 14.8 Å². The fraction of sp³-hybridized carbons (Fsp3) is 0.375. The van der Waals surface area contributed by atoms with Crippen LogP contribution in [0.2, 0.25) is 0 Å². The zero-order chi connectivity index (χ0) is 16.8. The van der Waals surface area contributed by atoms with Crippen LogP contribution in [0.25, 0.3) is 0 Å². The summed E-state index contributed by atoms with van der Waals surface area (Å²) in [6.07, 6.45) is 1.70. The fourth-order valence-corrected chi connectivity index (χ4v) is 2.13. The molecule has 0 saturated heterocycles. The van der Waals surface area contributed by atoms with E-state index in [2.05, 4.69) is 5.10 Å². The maximum absolute atomic E-state index is 12.3. The second kappa shape index (κ2) is 7.75. The van der Waals surface area contributed by atoms with Crippen LogP contribution in [0.1, 0.15) is 21.6 Å². The lowest BCUT2D eigenvalue weighted by Crippen LogP contribution is -2.26. The van der Waals surface area contributed by atoms with Gasteiger partial charge in [-0.2, -0.15) is 5.10 Å². The van der Waals surface area contributed by atoms with E-state index < -0.39 is 0 Å². The number of aromatic nitrogens is 2. The molecule has 0 aliphatic carbocycles. The highest BCUT2D eigenvalue weighted by Crippen LogP contribution is 2.15. The molecule has 0 unspecified atom stereocenters. The first kappa shape index (κ1) is 17.0. The van der Waals surface area contributed by atoms with Gasteiger partial charge in [0.25, 0.3) is 5.91 Å². The van der Waals surface area contributed by atoms with Gasteiger partial charge in [-0.25, -0.2) is 5.06 Å². The summed E-state index contributed by atoms with van der Waals surface area (Å²) in [4.78, 5) is 17.2. The quantitative estimate of drug-likeness (QED) is 0.727. The van der Waals surface area contributed by atoms with Crippen molar-refractivity contribution in [2.45, 2.75) is 13.2 Å². The summed E-state index contributed by atoms with van der Waals surface area (Å²) in [6, 6.07) is 7.69. The first-order chi connectivity index (χ1) is 11.1. The molecule has 1 aromatic carbocycles. The van der Waals surface area contributed by atoms with E-state index >= 15 is 0 Å². The first-order valence-electron chi connectivity index (χ1n) is 7.09. The molecular weight excluding hydrogens is 298 g/mol. The lowest BCUT2D eigenvalue weighted by atomic mass is 10.2. The predicted molar refractivity (Wildman–Crippen MR) is 84.1 cm³/mol. The van der Waals surface area contributed by atoms with Gasteiger partial charge in [0, 0.05) is 20.4 Å². The summed E-state index contributed by atoms with van der Waals surface area (Å²) in [5.74, 6) is 0.535. The van der Waals surface area contributed by atoms with E-state index in [0.29, 0.717) is 17.8 Å². The van der Waals surface area contributed by atoms with Crippen molar-refractivity contribution in [3.63, 3.8) is 0 Å². The third-order valence-corrected chi connectivity index (χ3v) is 3.41. The summed E-state index contributed by atoms with van der Waals surface area (Å²) in [5, 5.41) is 5.59. The Morgan fingerprint density at radius 2 is 1.91 bits per heavy atom. The van der Waals surface area contributed by atoms with Crippen molar-refractivity contribution < 1.29 is 19.1 Å². The highest BCUT2D eigenvalue weighted by molar-refractivity contribution is 5.94. The zero-order valence-electron chi connectivity index (χ0n) is 13.8. The van der Waals surface area contributed by atoms with E-state index in [9.17, 15) is 4.79 Å². The largest absolute Gasteiger partial charge is 0.497 e. The Balaban J connectivity index is 2.23. The highest BCUT2D eigenvalue weighted by atomic mass is 16.7. The Labute approximate surface area is 135 Å². The molecule has 0 bridgehead atoms. The second-order valence-corrected chi connectivity index (χ2v) is 4.95. The van der Waals surface area contributed by atoms with Crippen LogP contribution in [-0.2, 0) is 22.7 Å². The van der Waals surface area contributed by atoms with Gasteiger partial charge in [-0.1, -0.05) is 12.1 Å². The standard InChI is InChI=1S/C16H21N3O4/c1-18(23-4)16(20)14-10-19(17-15(14)11-21-2)9-12-5-7-13(22-3)8-6-12/h5-8,10H,9,11H2,1-4H3. The predicted octanol–water partition coefficient (Wildman–Crippen LogP) is 1.72. The SMILES string of the molecule is COCc1nn(Cc2ccc(OC)cc2)cc1C(=O)N(C)OC. The van der Waals surface area contributed by atoms with Crippen LogP contribution in [0, 0.1) is 0 Å². The minimum atomic E-state index is -0.263. The van der Waals surface area contributed by atoms with Gasteiger partial charge in [-0.15, -0.1) is 0 Å². The minimum Gasteiger partial charge on any atom is -0.497 e. The number of hydroxylamine groups is 2. The number of carbonyl (C=O) groups excluding carboxylic acids is 1. The molecule has 23 heavy (non-hydrogen) atoms. The van der Waals surface area contributed by atoms with Crippen LogP contribution >= 0.6 is 0 Å². The maximum Gasteiger partial charge on any atom is 0.280 e. The molecule has 1 aromatic heterocycles. The van der Waals surface area contributed by atoms with Crippen molar-refractivity contribution in [3.8, 4) is 5.75 Å². The minimum absolute atomic E-state index is 0.258. The molecule has 0 aliphatic rings. The maximum atomic E-state index is 12.3. The molecule has 7 nitrogen and oxygen atoms in total. The molecule has 0 fully saturated rings. The average molecular weight is 319 g/mol. The van der Waals surface area contributed by atoms with Crippen LogP contribution < -0.4 is 4.74 Å². The van der Waals surface area contributed by atoms with Crippen molar-refractivity contribution >= 4 is 5.91 Å². The highest BCUT2D eigenvalue weighted by Gasteiger charge is 2.20. The Kier molecular flexibility index (Phi) is 5.72. The number of rotatable bonds is 7.